The number of fused-ring (bicyclic) bond motifs is 2. The number of pyridine rings is 1. The number of anilines is 1. The summed E-state index contributed by atoms with van der Waals surface area (Å²) in [5, 5.41) is 4.19. The Morgan fingerprint density at radius 1 is 1.13 bits per heavy atom. The summed E-state index contributed by atoms with van der Waals surface area (Å²) in [6, 6.07) is 4.17. The van der Waals surface area contributed by atoms with Gasteiger partial charge in [0.2, 0.25) is 5.89 Å². The first-order valence-electron chi connectivity index (χ1n) is 9.95. The number of aryl methyl sites for hydroxylation is 2. The average Bonchev–Trinajstić information content (AvgIpc) is 3.16. The normalized spacial score (nSPS) is 22.6. The van der Waals surface area contributed by atoms with Crippen LogP contribution in [-0.2, 0) is 13.6 Å². The summed E-state index contributed by atoms with van der Waals surface area (Å²) >= 11 is 0. The second-order valence-electron chi connectivity index (χ2n) is 8.20. The first-order chi connectivity index (χ1) is 14.6. The topological polar surface area (TPSA) is 108 Å². The number of imidazole rings is 1. The predicted octanol–water partition coefficient (Wildman–Crippen LogP) is 1.11. The van der Waals surface area contributed by atoms with Gasteiger partial charge < -0.3 is 14.0 Å². The molecule has 30 heavy (non-hydrogen) atoms. The lowest BCUT2D eigenvalue weighted by molar-refractivity contribution is 0.363. The summed E-state index contributed by atoms with van der Waals surface area (Å²) in [7, 11) is 1.77. The van der Waals surface area contributed by atoms with Crippen molar-refractivity contribution in [3.8, 4) is 0 Å². The van der Waals surface area contributed by atoms with Crippen molar-refractivity contribution in [2.75, 3.05) is 18.0 Å². The Morgan fingerprint density at radius 3 is 2.70 bits per heavy atom. The first kappa shape index (κ1) is 17.3. The van der Waals surface area contributed by atoms with Gasteiger partial charge in [0, 0.05) is 32.3 Å². The van der Waals surface area contributed by atoms with E-state index in [4.69, 9.17) is 4.52 Å². The van der Waals surface area contributed by atoms with Gasteiger partial charge >= 0.3 is 0 Å². The molecule has 10 heteroatoms. The van der Waals surface area contributed by atoms with Gasteiger partial charge in [-0.15, -0.1) is 0 Å². The second-order valence-corrected chi connectivity index (χ2v) is 8.20. The molecule has 0 radical (unpaired) electrons. The van der Waals surface area contributed by atoms with Gasteiger partial charge in [-0.3, -0.25) is 9.36 Å². The number of piperidine rings is 1. The average molecular weight is 404 g/mol. The van der Waals surface area contributed by atoms with E-state index in [2.05, 4.69) is 42.1 Å². The van der Waals surface area contributed by atoms with Gasteiger partial charge in [0.15, 0.2) is 17.0 Å². The third-order valence-corrected chi connectivity index (χ3v) is 6.20. The summed E-state index contributed by atoms with van der Waals surface area (Å²) in [5.41, 5.74) is 1.88. The fraction of sp³-hybridized carbons (Fsp3) is 0.400. The Bertz CT molecular complexity index is 1290. The van der Waals surface area contributed by atoms with Crippen molar-refractivity contribution < 1.29 is 4.52 Å². The molecule has 5 heterocycles. The lowest BCUT2D eigenvalue weighted by Gasteiger charge is -2.20. The largest absolute Gasteiger partial charge is 0.356 e. The number of hydrogen-bond donors (Lipinski definition) is 0. The van der Waals surface area contributed by atoms with Crippen LogP contribution < -0.4 is 10.5 Å². The SMILES string of the molecule is Cc1ccc(N2CC3C(C2)C3c2noc(Cn3cnc4ncn(C)c4c3=O)n2)nc1. The van der Waals surface area contributed by atoms with Crippen LogP contribution in [-0.4, -0.2) is 47.3 Å². The number of hydrogen-bond acceptors (Lipinski definition) is 8. The fourth-order valence-corrected chi connectivity index (χ4v) is 4.54. The third kappa shape index (κ3) is 2.63. The van der Waals surface area contributed by atoms with Gasteiger partial charge in [0.1, 0.15) is 18.7 Å². The number of nitrogens with zero attached hydrogens (tertiary/aromatic N) is 8. The van der Waals surface area contributed by atoms with E-state index >= 15 is 0 Å². The van der Waals surface area contributed by atoms with E-state index in [9.17, 15) is 4.79 Å². The van der Waals surface area contributed by atoms with Crippen molar-refractivity contribution in [3.05, 3.63) is 58.6 Å². The van der Waals surface area contributed by atoms with Crippen molar-refractivity contribution in [1.82, 2.24) is 34.2 Å². The standard InChI is InChI=1S/C20H20N8O2/c1-11-3-4-14(21-5-11)27-6-12-13(7-27)16(12)18-24-15(30-25-18)8-28-10-23-19-17(20(28)29)26(2)9-22-19/h3-5,9-10,12-13,16H,6-8H2,1-2H3. The summed E-state index contributed by atoms with van der Waals surface area (Å²) in [6.07, 6.45) is 4.96. The Balaban J connectivity index is 1.16. The maximum absolute atomic E-state index is 12.7. The lowest BCUT2D eigenvalue weighted by atomic mass is 10.2. The third-order valence-electron chi connectivity index (χ3n) is 6.20. The molecule has 0 N–H and O–H groups in total. The summed E-state index contributed by atoms with van der Waals surface area (Å²) in [5.74, 6) is 3.54. The molecule has 2 unspecified atom stereocenters. The molecule has 10 nitrogen and oxygen atoms in total. The van der Waals surface area contributed by atoms with Gasteiger partial charge in [-0.2, -0.15) is 4.98 Å². The van der Waals surface area contributed by atoms with Crippen LogP contribution in [0.1, 0.15) is 23.2 Å². The molecule has 0 amide bonds. The molecule has 2 atom stereocenters. The van der Waals surface area contributed by atoms with Crippen LogP contribution in [0.25, 0.3) is 11.2 Å². The van der Waals surface area contributed by atoms with Crippen molar-refractivity contribution in [3.63, 3.8) is 0 Å². The Morgan fingerprint density at radius 2 is 1.93 bits per heavy atom. The Labute approximate surface area is 171 Å². The van der Waals surface area contributed by atoms with Gasteiger partial charge in [0.05, 0.1) is 6.33 Å². The molecule has 4 aromatic rings. The Hall–Kier alpha value is -3.56. The molecule has 0 bridgehead atoms. The number of aromatic nitrogens is 7. The second kappa shape index (κ2) is 6.22. The summed E-state index contributed by atoms with van der Waals surface area (Å²) < 4.78 is 8.58. The molecule has 4 aromatic heterocycles. The van der Waals surface area contributed by atoms with Gasteiger partial charge in [-0.1, -0.05) is 11.2 Å². The van der Waals surface area contributed by atoms with Crippen LogP contribution in [0.15, 0.2) is 40.3 Å². The quantitative estimate of drug-likeness (QED) is 0.498. The minimum Gasteiger partial charge on any atom is -0.356 e. The zero-order valence-corrected chi connectivity index (χ0v) is 16.6. The molecular formula is C20H20N8O2. The first-order valence-corrected chi connectivity index (χ1v) is 9.95. The smallest absolute Gasteiger partial charge is 0.280 e. The molecule has 0 spiro atoms. The molecule has 1 saturated carbocycles. The molecule has 6 rings (SSSR count). The molecule has 152 valence electrons. The van der Waals surface area contributed by atoms with Gasteiger partial charge in [-0.05, 0) is 30.4 Å². The Kier molecular flexibility index (Phi) is 3.59. The molecule has 1 aliphatic heterocycles. The van der Waals surface area contributed by atoms with Gasteiger partial charge in [0.25, 0.3) is 5.56 Å². The van der Waals surface area contributed by atoms with Crippen LogP contribution in [0.4, 0.5) is 5.82 Å². The monoisotopic (exact) mass is 404 g/mol. The lowest BCUT2D eigenvalue weighted by Crippen LogP contribution is -2.24. The fourth-order valence-electron chi connectivity index (χ4n) is 4.54. The minimum atomic E-state index is -0.177. The van der Waals surface area contributed by atoms with E-state index in [1.807, 2.05) is 13.1 Å². The van der Waals surface area contributed by atoms with E-state index in [0.29, 0.717) is 34.8 Å². The molecule has 1 aliphatic carbocycles. The highest BCUT2D eigenvalue weighted by atomic mass is 16.5. The van der Waals surface area contributed by atoms with E-state index in [0.717, 1.165) is 30.3 Å². The summed E-state index contributed by atoms with van der Waals surface area (Å²) in [4.78, 5) is 32.4. The van der Waals surface area contributed by atoms with Crippen LogP contribution in [0.5, 0.6) is 0 Å². The highest BCUT2D eigenvalue weighted by Gasteiger charge is 2.58. The summed E-state index contributed by atoms with van der Waals surface area (Å²) in [6.45, 7) is 4.15. The predicted molar refractivity (Wildman–Crippen MR) is 107 cm³/mol. The van der Waals surface area contributed by atoms with Crippen molar-refractivity contribution in [2.45, 2.75) is 19.4 Å². The van der Waals surface area contributed by atoms with Crippen LogP contribution in [0, 0.1) is 18.8 Å². The molecular weight excluding hydrogens is 384 g/mol. The van der Waals surface area contributed by atoms with E-state index in [-0.39, 0.29) is 12.1 Å². The van der Waals surface area contributed by atoms with Gasteiger partial charge in [-0.25, -0.2) is 15.0 Å². The van der Waals surface area contributed by atoms with Crippen LogP contribution in [0.3, 0.4) is 0 Å². The molecule has 2 aliphatic rings. The van der Waals surface area contributed by atoms with Crippen molar-refractivity contribution in [2.24, 2.45) is 18.9 Å². The van der Waals surface area contributed by atoms with E-state index in [1.165, 1.54) is 10.9 Å². The van der Waals surface area contributed by atoms with Crippen molar-refractivity contribution in [1.29, 1.82) is 0 Å². The zero-order valence-electron chi connectivity index (χ0n) is 16.6. The van der Waals surface area contributed by atoms with Crippen LogP contribution in [0.2, 0.25) is 0 Å². The van der Waals surface area contributed by atoms with Crippen LogP contribution >= 0.6 is 0 Å². The highest BCUT2D eigenvalue weighted by molar-refractivity contribution is 5.68. The van der Waals surface area contributed by atoms with E-state index < -0.39 is 0 Å². The maximum Gasteiger partial charge on any atom is 0.280 e. The maximum atomic E-state index is 12.7. The highest BCUT2D eigenvalue weighted by Crippen LogP contribution is 2.57. The minimum absolute atomic E-state index is 0.177. The van der Waals surface area contributed by atoms with Crippen molar-refractivity contribution >= 4 is 17.0 Å². The molecule has 2 fully saturated rings. The van der Waals surface area contributed by atoms with E-state index in [1.54, 1.807) is 17.9 Å². The zero-order chi connectivity index (χ0) is 20.4. The molecule has 1 saturated heterocycles. The molecule has 0 aromatic carbocycles. The number of rotatable bonds is 4.